The molecule has 1 aliphatic heterocycles. The van der Waals surface area contributed by atoms with E-state index in [0.29, 0.717) is 5.56 Å². The zero-order valence-electron chi connectivity index (χ0n) is 20.1. The van der Waals surface area contributed by atoms with Crippen molar-refractivity contribution in [3.8, 4) is 11.5 Å². The molecule has 0 saturated carbocycles. The number of benzene rings is 3. The van der Waals surface area contributed by atoms with Crippen molar-refractivity contribution in [2.24, 2.45) is 0 Å². The Morgan fingerprint density at radius 3 is 1.79 bits per heavy atom. The van der Waals surface area contributed by atoms with E-state index in [9.17, 15) is 35.9 Å². The molecule has 0 spiro atoms. The van der Waals surface area contributed by atoms with Crippen molar-refractivity contribution in [2.45, 2.75) is 37.0 Å². The van der Waals surface area contributed by atoms with Gasteiger partial charge in [0.2, 0.25) is 11.8 Å². The van der Waals surface area contributed by atoms with Crippen molar-refractivity contribution in [3.63, 3.8) is 0 Å². The Morgan fingerprint density at radius 1 is 0.821 bits per heavy atom. The van der Waals surface area contributed by atoms with Crippen LogP contribution in [0.4, 0.5) is 26.3 Å². The molecule has 12 heteroatoms. The Balaban J connectivity index is 1.84. The number of nitrogens with one attached hydrogen (secondary N) is 2. The van der Waals surface area contributed by atoms with E-state index in [-0.39, 0.29) is 36.4 Å². The first-order valence-electron chi connectivity index (χ1n) is 11.7. The second-order valence-electron chi connectivity index (χ2n) is 8.94. The van der Waals surface area contributed by atoms with E-state index in [4.69, 9.17) is 0 Å². The molecule has 0 aromatic heterocycles. The van der Waals surface area contributed by atoms with E-state index in [0.717, 1.165) is 24.3 Å². The van der Waals surface area contributed by atoms with Crippen molar-refractivity contribution >= 4 is 11.8 Å². The highest BCUT2D eigenvalue weighted by Crippen LogP contribution is 2.40. The van der Waals surface area contributed by atoms with Gasteiger partial charge in [0.15, 0.2) is 0 Å². The molecule has 6 nitrogen and oxygen atoms in total. The maximum absolute atomic E-state index is 13.0. The number of β-lactam (4-membered cyclic amide) rings is 1. The number of carbonyl (C=O) groups excluding carboxylic acids is 2. The molecule has 1 fully saturated rings. The van der Waals surface area contributed by atoms with E-state index in [1.807, 2.05) is 0 Å². The molecule has 1 atom stereocenters. The zero-order chi connectivity index (χ0) is 28.3. The van der Waals surface area contributed by atoms with Gasteiger partial charge in [-0.2, -0.15) is 0 Å². The summed E-state index contributed by atoms with van der Waals surface area (Å²) in [5.74, 6) is -1.95. The van der Waals surface area contributed by atoms with Crippen LogP contribution in [0.2, 0.25) is 0 Å². The van der Waals surface area contributed by atoms with Gasteiger partial charge in [0.1, 0.15) is 17.5 Å². The molecule has 0 unspecified atom stereocenters. The quantitative estimate of drug-likeness (QED) is 0.289. The lowest BCUT2D eigenvalue weighted by Gasteiger charge is -2.37. The van der Waals surface area contributed by atoms with Crippen LogP contribution in [-0.2, 0) is 21.4 Å². The standard InChI is InChI=1S/C27H22F6N2O4/c28-26(29,30)38-20-10-4-8-18(12-20)25(15-17-6-2-1-3-7-17,16-34-24(37)22-14-23(36)35-22)19-9-5-11-21(13-19)39-27(31,32)33/h1-13,22H,14-16H2,(H,34,37)(H,35,36)/t22-/m0/s1. The molecule has 1 aliphatic rings. The molecule has 3 aromatic rings. The van der Waals surface area contributed by atoms with Gasteiger partial charge in [-0.25, -0.2) is 0 Å². The van der Waals surface area contributed by atoms with Gasteiger partial charge in [-0.1, -0.05) is 54.6 Å². The van der Waals surface area contributed by atoms with Crippen LogP contribution in [-0.4, -0.2) is 37.1 Å². The molecule has 2 amide bonds. The molecular weight excluding hydrogens is 530 g/mol. The van der Waals surface area contributed by atoms with Crippen LogP contribution in [0.15, 0.2) is 78.9 Å². The molecule has 39 heavy (non-hydrogen) atoms. The van der Waals surface area contributed by atoms with Gasteiger partial charge in [-0.05, 0) is 47.4 Å². The fourth-order valence-electron chi connectivity index (χ4n) is 4.44. The van der Waals surface area contributed by atoms with Crippen LogP contribution in [0.5, 0.6) is 11.5 Å². The molecule has 1 saturated heterocycles. The summed E-state index contributed by atoms with van der Waals surface area (Å²) in [4.78, 5) is 24.1. The summed E-state index contributed by atoms with van der Waals surface area (Å²) in [5, 5.41) is 5.16. The summed E-state index contributed by atoms with van der Waals surface area (Å²) in [7, 11) is 0. The SMILES string of the molecule is O=C1C[C@@H](C(=O)NCC(Cc2ccccc2)(c2cccc(OC(F)(F)F)c2)c2cccc(OC(F)(F)F)c2)N1. The van der Waals surface area contributed by atoms with Crippen molar-refractivity contribution in [1.29, 1.82) is 0 Å². The normalized spacial score (nSPS) is 15.6. The van der Waals surface area contributed by atoms with Crippen molar-refractivity contribution in [2.75, 3.05) is 6.54 Å². The summed E-state index contributed by atoms with van der Waals surface area (Å²) in [6.45, 7) is -0.238. The highest BCUT2D eigenvalue weighted by Gasteiger charge is 2.40. The maximum Gasteiger partial charge on any atom is 0.573 e. The van der Waals surface area contributed by atoms with Gasteiger partial charge in [0, 0.05) is 12.0 Å². The van der Waals surface area contributed by atoms with Crippen LogP contribution in [0, 0.1) is 0 Å². The Hall–Kier alpha value is -4.22. The fourth-order valence-corrected chi connectivity index (χ4v) is 4.44. The smallest absolute Gasteiger partial charge is 0.406 e. The molecule has 0 bridgehead atoms. The largest absolute Gasteiger partial charge is 0.573 e. The number of hydrogen-bond acceptors (Lipinski definition) is 4. The van der Waals surface area contributed by atoms with E-state index in [1.54, 1.807) is 30.3 Å². The number of rotatable bonds is 9. The summed E-state index contributed by atoms with van der Waals surface area (Å²) < 4.78 is 86.4. The molecule has 0 radical (unpaired) electrons. The first-order chi connectivity index (χ1) is 18.3. The van der Waals surface area contributed by atoms with Crippen LogP contribution < -0.4 is 20.1 Å². The number of hydrogen-bond donors (Lipinski definition) is 2. The number of amides is 2. The fraction of sp³-hybridized carbons (Fsp3) is 0.259. The van der Waals surface area contributed by atoms with E-state index in [2.05, 4.69) is 20.1 Å². The molecule has 1 heterocycles. The number of halogens is 6. The minimum Gasteiger partial charge on any atom is -0.406 e. The van der Waals surface area contributed by atoms with Gasteiger partial charge in [0.25, 0.3) is 0 Å². The number of carbonyl (C=O) groups is 2. The van der Waals surface area contributed by atoms with Crippen LogP contribution in [0.1, 0.15) is 23.1 Å². The monoisotopic (exact) mass is 552 g/mol. The zero-order valence-corrected chi connectivity index (χ0v) is 20.1. The van der Waals surface area contributed by atoms with E-state index in [1.165, 1.54) is 24.3 Å². The second-order valence-corrected chi connectivity index (χ2v) is 8.94. The predicted molar refractivity (Wildman–Crippen MR) is 127 cm³/mol. The third-order valence-electron chi connectivity index (χ3n) is 6.19. The highest BCUT2D eigenvalue weighted by molar-refractivity contribution is 5.97. The van der Waals surface area contributed by atoms with Crippen LogP contribution in [0.25, 0.3) is 0 Å². The third kappa shape index (κ3) is 7.21. The number of alkyl halides is 6. The lowest BCUT2D eigenvalue weighted by Crippen LogP contribution is -2.58. The molecule has 4 rings (SSSR count). The number of ether oxygens (including phenoxy) is 2. The first-order valence-corrected chi connectivity index (χ1v) is 11.7. The molecule has 206 valence electrons. The van der Waals surface area contributed by atoms with Crippen LogP contribution >= 0.6 is 0 Å². The minimum absolute atomic E-state index is 0.0403. The van der Waals surface area contributed by atoms with Crippen molar-refractivity contribution in [3.05, 3.63) is 95.6 Å². The van der Waals surface area contributed by atoms with Crippen molar-refractivity contribution in [1.82, 2.24) is 10.6 Å². The molecule has 2 N–H and O–H groups in total. The summed E-state index contributed by atoms with van der Waals surface area (Å²) >= 11 is 0. The summed E-state index contributed by atoms with van der Waals surface area (Å²) in [6, 6.07) is 18.0. The first kappa shape index (κ1) is 27.8. The maximum atomic E-state index is 13.0. The lowest BCUT2D eigenvalue weighted by atomic mass is 9.70. The van der Waals surface area contributed by atoms with Crippen molar-refractivity contribution < 1.29 is 45.4 Å². The Morgan fingerprint density at radius 2 is 1.33 bits per heavy atom. The average Bonchev–Trinajstić information content (AvgIpc) is 2.83. The predicted octanol–water partition coefficient (Wildman–Crippen LogP) is 5.02. The second kappa shape index (κ2) is 10.9. The van der Waals surface area contributed by atoms with E-state index < -0.39 is 41.6 Å². The van der Waals surface area contributed by atoms with Gasteiger partial charge in [-0.15, -0.1) is 26.3 Å². The van der Waals surface area contributed by atoms with E-state index >= 15 is 0 Å². The minimum atomic E-state index is -4.99. The third-order valence-corrected chi connectivity index (χ3v) is 6.19. The lowest BCUT2D eigenvalue weighted by molar-refractivity contribution is -0.275. The Bertz CT molecular complexity index is 1260. The average molecular weight is 552 g/mol. The van der Waals surface area contributed by atoms with Gasteiger partial charge >= 0.3 is 12.7 Å². The highest BCUT2D eigenvalue weighted by atomic mass is 19.4. The molecular formula is C27H22F6N2O4. The molecule has 3 aromatic carbocycles. The van der Waals surface area contributed by atoms with Gasteiger partial charge < -0.3 is 20.1 Å². The summed E-state index contributed by atoms with van der Waals surface area (Å²) in [6.07, 6.45) is -9.95. The van der Waals surface area contributed by atoms with Crippen LogP contribution in [0.3, 0.4) is 0 Å². The Kier molecular flexibility index (Phi) is 7.75. The van der Waals surface area contributed by atoms with Gasteiger partial charge in [0.05, 0.1) is 6.42 Å². The Labute approximate surface area is 218 Å². The summed E-state index contributed by atoms with van der Waals surface area (Å²) in [5.41, 5.74) is -0.237. The van der Waals surface area contributed by atoms with Gasteiger partial charge in [-0.3, -0.25) is 9.59 Å². The topological polar surface area (TPSA) is 76.7 Å². The molecule has 0 aliphatic carbocycles.